The first-order valence-corrected chi connectivity index (χ1v) is 7.95. The van der Waals surface area contributed by atoms with Crippen LogP contribution in [0.3, 0.4) is 0 Å². The highest BCUT2D eigenvalue weighted by molar-refractivity contribution is 5.91. The molecule has 0 aromatic heterocycles. The van der Waals surface area contributed by atoms with Gasteiger partial charge in [-0.05, 0) is 56.2 Å². The van der Waals surface area contributed by atoms with Crippen LogP contribution in [0.2, 0.25) is 0 Å². The molecular formula is C17H24N2O2. The molecule has 3 N–H and O–H groups in total. The molecule has 21 heavy (non-hydrogen) atoms. The summed E-state index contributed by atoms with van der Waals surface area (Å²) in [5.74, 6) is 0.255. The third-order valence-electron chi connectivity index (χ3n) is 4.96. The van der Waals surface area contributed by atoms with Gasteiger partial charge in [0, 0.05) is 24.9 Å². The third kappa shape index (κ3) is 2.64. The van der Waals surface area contributed by atoms with Crippen LogP contribution in [0.5, 0.6) is 0 Å². The van der Waals surface area contributed by atoms with E-state index in [0.29, 0.717) is 19.0 Å². The molecule has 2 saturated carbocycles. The Bertz CT molecular complexity index is 504. The van der Waals surface area contributed by atoms with Crippen molar-refractivity contribution >= 4 is 11.6 Å². The molecule has 1 aromatic rings. The summed E-state index contributed by atoms with van der Waals surface area (Å²) in [6.45, 7) is 0.822. The Balaban J connectivity index is 1.79. The molecule has 2 aliphatic carbocycles. The zero-order valence-electron chi connectivity index (χ0n) is 12.4. The van der Waals surface area contributed by atoms with E-state index in [9.17, 15) is 4.79 Å². The summed E-state index contributed by atoms with van der Waals surface area (Å²) < 4.78 is 0. The van der Waals surface area contributed by atoms with Crippen molar-refractivity contribution in [3.63, 3.8) is 0 Å². The summed E-state index contributed by atoms with van der Waals surface area (Å²) >= 11 is 0. The lowest BCUT2D eigenvalue weighted by Gasteiger charge is -2.39. The summed E-state index contributed by atoms with van der Waals surface area (Å²) in [7, 11) is 0. The summed E-state index contributed by atoms with van der Waals surface area (Å²) in [5.41, 5.74) is 7.25. The van der Waals surface area contributed by atoms with Crippen LogP contribution >= 0.6 is 0 Å². The number of carbonyl (C=O) groups excluding carboxylic acids is 1. The Morgan fingerprint density at radius 2 is 1.95 bits per heavy atom. The van der Waals surface area contributed by atoms with Crippen LogP contribution < -0.4 is 5.73 Å². The molecule has 4 heteroatoms. The lowest BCUT2D eigenvalue weighted by Crippen LogP contribution is -2.49. The fourth-order valence-corrected chi connectivity index (χ4v) is 3.22. The van der Waals surface area contributed by atoms with Crippen molar-refractivity contribution in [3.05, 3.63) is 29.8 Å². The fraction of sp³-hybridized carbons (Fsp3) is 0.588. The molecule has 0 aliphatic heterocycles. The van der Waals surface area contributed by atoms with Crippen LogP contribution in [0.25, 0.3) is 0 Å². The molecular weight excluding hydrogens is 264 g/mol. The monoisotopic (exact) mass is 288 g/mol. The summed E-state index contributed by atoms with van der Waals surface area (Å²) in [6.07, 6.45) is 5.95. The van der Waals surface area contributed by atoms with Crippen molar-refractivity contribution < 1.29 is 9.90 Å². The minimum Gasteiger partial charge on any atom is -0.399 e. The van der Waals surface area contributed by atoms with Crippen LogP contribution in [0.4, 0.5) is 5.69 Å². The first-order valence-electron chi connectivity index (χ1n) is 7.95. The number of aliphatic hydroxyl groups excluding tert-OH is 1. The molecule has 114 valence electrons. The lowest BCUT2D eigenvalue weighted by molar-refractivity contribution is -0.138. The number of carbonyl (C=O) groups is 1. The maximum atomic E-state index is 13.1. The molecule has 4 nitrogen and oxygen atoms in total. The maximum Gasteiger partial charge on any atom is 0.233 e. The number of hydrogen-bond acceptors (Lipinski definition) is 3. The number of amides is 1. The van der Waals surface area contributed by atoms with Crippen LogP contribution in [0, 0.1) is 0 Å². The van der Waals surface area contributed by atoms with Gasteiger partial charge in [0.05, 0.1) is 5.41 Å². The van der Waals surface area contributed by atoms with Gasteiger partial charge in [0.2, 0.25) is 5.91 Å². The number of rotatable bonds is 6. The van der Waals surface area contributed by atoms with Crippen molar-refractivity contribution in [3.8, 4) is 0 Å². The maximum absolute atomic E-state index is 13.1. The van der Waals surface area contributed by atoms with E-state index in [1.54, 1.807) is 0 Å². The predicted octanol–water partition coefficient (Wildman–Crippen LogP) is 2.06. The largest absolute Gasteiger partial charge is 0.399 e. The van der Waals surface area contributed by atoms with E-state index < -0.39 is 0 Å². The van der Waals surface area contributed by atoms with E-state index >= 15 is 0 Å². The number of anilines is 1. The smallest absolute Gasteiger partial charge is 0.233 e. The Morgan fingerprint density at radius 1 is 1.29 bits per heavy atom. The van der Waals surface area contributed by atoms with Crippen LogP contribution in [0.1, 0.15) is 44.1 Å². The minimum absolute atomic E-state index is 0.144. The first kappa shape index (κ1) is 14.4. The fourth-order valence-electron chi connectivity index (χ4n) is 3.22. The summed E-state index contributed by atoms with van der Waals surface area (Å²) in [5, 5.41) is 9.08. The van der Waals surface area contributed by atoms with E-state index in [1.165, 1.54) is 6.42 Å². The van der Waals surface area contributed by atoms with Gasteiger partial charge in [-0.2, -0.15) is 0 Å². The number of benzene rings is 1. The van der Waals surface area contributed by atoms with E-state index in [2.05, 4.69) is 0 Å². The molecule has 0 bridgehead atoms. The molecule has 0 unspecified atom stereocenters. The van der Waals surface area contributed by atoms with Crippen molar-refractivity contribution in [1.82, 2.24) is 4.90 Å². The molecule has 0 heterocycles. The van der Waals surface area contributed by atoms with Gasteiger partial charge >= 0.3 is 0 Å². The number of nitrogen functional groups attached to an aromatic ring is 1. The van der Waals surface area contributed by atoms with Gasteiger partial charge in [-0.15, -0.1) is 0 Å². The van der Waals surface area contributed by atoms with Gasteiger partial charge < -0.3 is 15.7 Å². The topological polar surface area (TPSA) is 66.6 Å². The molecule has 1 aromatic carbocycles. The predicted molar refractivity (Wildman–Crippen MR) is 82.8 cm³/mol. The lowest BCUT2D eigenvalue weighted by atomic mass is 9.87. The molecule has 2 aliphatic rings. The molecule has 2 fully saturated rings. The van der Waals surface area contributed by atoms with Gasteiger partial charge in [-0.25, -0.2) is 0 Å². The Kier molecular flexibility index (Phi) is 3.89. The zero-order valence-corrected chi connectivity index (χ0v) is 12.4. The van der Waals surface area contributed by atoms with E-state index in [0.717, 1.165) is 36.9 Å². The quantitative estimate of drug-likeness (QED) is 0.787. The standard InChI is InChI=1S/C17H24N2O2/c18-14-7-5-13(6-8-14)17(9-10-17)16(21)19(11-2-12-20)15-3-1-4-15/h5-8,15,20H,1-4,9-12,18H2. The van der Waals surface area contributed by atoms with E-state index in [4.69, 9.17) is 10.8 Å². The Hall–Kier alpha value is -1.55. The molecule has 1 amide bonds. The Morgan fingerprint density at radius 3 is 2.43 bits per heavy atom. The zero-order chi connectivity index (χ0) is 14.9. The number of nitrogens with zero attached hydrogens (tertiary/aromatic N) is 1. The minimum atomic E-state index is -0.321. The van der Waals surface area contributed by atoms with E-state index in [1.807, 2.05) is 29.2 Å². The van der Waals surface area contributed by atoms with Crippen LogP contribution in [0.15, 0.2) is 24.3 Å². The van der Waals surface area contributed by atoms with Gasteiger partial charge in [0.1, 0.15) is 0 Å². The van der Waals surface area contributed by atoms with Crippen molar-refractivity contribution in [2.45, 2.75) is 50.0 Å². The number of nitrogens with two attached hydrogens (primary N) is 1. The average molecular weight is 288 g/mol. The number of aliphatic hydroxyl groups is 1. The van der Waals surface area contributed by atoms with Crippen molar-refractivity contribution in [1.29, 1.82) is 0 Å². The van der Waals surface area contributed by atoms with Crippen molar-refractivity contribution in [2.75, 3.05) is 18.9 Å². The molecule has 0 atom stereocenters. The second-order valence-electron chi connectivity index (χ2n) is 6.36. The average Bonchev–Trinajstić information content (AvgIpc) is 3.23. The Labute approximate surface area is 125 Å². The number of hydrogen-bond donors (Lipinski definition) is 2. The summed E-state index contributed by atoms with van der Waals surface area (Å²) in [4.78, 5) is 15.1. The van der Waals surface area contributed by atoms with Gasteiger partial charge in [-0.3, -0.25) is 4.79 Å². The molecule has 3 rings (SSSR count). The second kappa shape index (κ2) is 5.68. The van der Waals surface area contributed by atoms with Crippen LogP contribution in [-0.2, 0) is 10.2 Å². The van der Waals surface area contributed by atoms with Gasteiger partial charge in [-0.1, -0.05) is 12.1 Å². The van der Waals surface area contributed by atoms with Gasteiger partial charge in [0.25, 0.3) is 0 Å². The van der Waals surface area contributed by atoms with Crippen LogP contribution in [-0.4, -0.2) is 35.1 Å². The highest BCUT2D eigenvalue weighted by Crippen LogP contribution is 2.50. The molecule has 0 saturated heterocycles. The molecule has 0 radical (unpaired) electrons. The van der Waals surface area contributed by atoms with Crippen molar-refractivity contribution in [2.24, 2.45) is 0 Å². The first-order chi connectivity index (χ1) is 10.2. The van der Waals surface area contributed by atoms with E-state index in [-0.39, 0.29) is 17.9 Å². The highest BCUT2D eigenvalue weighted by Gasteiger charge is 2.54. The third-order valence-corrected chi connectivity index (χ3v) is 4.96. The normalized spacial score (nSPS) is 19.9. The highest BCUT2D eigenvalue weighted by atomic mass is 16.3. The van der Waals surface area contributed by atoms with Gasteiger partial charge in [0.15, 0.2) is 0 Å². The summed E-state index contributed by atoms with van der Waals surface area (Å²) in [6, 6.07) is 8.13. The SMILES string of the molecule is Nc1ccc(C2(C(=O)N(CCCO)C3CCC3)CC2)cc1. The second-order valence-corrected chi connectivity index (χ2v) is 6.36. The molecule has 0 spiro atoms.